The van der Waals surface area contributed by atoms with Crippen LogP contribution < -0.4 is 4.72 Å². The zero-order chi connectivity index (χ0) is 13.9. The van der Waals surface area contributed by atoms with Gasteiger partial charge in [-0.05, 0) is 55.4 Å². The van der Waals surface area contributed by atoms with Crippen LogP contribution in [0, 0.1) is 0 Å². The van der Waals surface area contributed by atoms with E-state index in [9.17, 15) is 8.42 Å². The first-order valence-electron chi connectivity index (χ1n) is 6.82. The molecular formula is C14H21NO3S. The van der Waals surface area contributed by atoms with Crippen molar-refractivity contribution in [1.29, 1.82) is 0 Å². The Bertz CT molecular complexity index is 536. The number of rotatable bonds is 5. The number of fused-ring (bicyclic) bond motifs is 1. The summed E-state index contributed by atoms with van der Waals surface area (Å²) < 4.78 is 27.0. The highest BCUT2D eigenvalue weighted by Gasteiger charge is 2.20. The lowest BCUT2D eigenvalue weighted by Crippen LogP contribution is -2.36. The number of sulfonamides is 1. The fourth-order valence-corrected chi connectivity index (χ4v) is 3.77. The van der Waals surface area contributed by atoms with Crippen LogP contribution in [0.5, 0.6) is 0 Å². The standard InChI is InChI=1S/C14H21NO3S/c1-2-13(10-16)15-19(17,18)14-8-7-11-5-3-4-6-12(11)9-14/h7-9,13,15-16H,2-6,10H2,1H3/t13-/m0/s1. The number of benzene rings is 1. The molecule has 1 atom stereocenters. The minimum atomic E-state index is -3.53. The first-order valence-corrected chi connectivity index (χ1v) is 8.30. The third-order valence-corrected chi connectivity index (χ3v) is 5.18. The largest absolute Gasteiger partial charge is 0.395 e. The Morgan fingerprint density at radius 2 is 1.95 bits per heavy atom. The molecular weight excluding hydrogens is 262 g/mol. The van der Waals surface area contributed by atoms with Gasteiger partial charge in [0.2, 0.25) is 10.0 Å². The minimum Gasteiger partial charge on any atom is -0.395 e. The Morgan fingerprint density at radius 3 is 2.58 bits per heavy atom. The van der Waals surface area contributed by atoms with Gasteiger partial charge in [-0.15, -0.1) is 0 Å². The van der Waals surface area contributed by atoms with E-state index < -0.39 is 16.1 Å². The van der Waals surface area contributed by atoms with Crippen LogP contribution in [0.15, 0.2) is 23.1 Å². The number of aliphatic hydroxyl groups is 1. The highest BCUT2D eigenvalue weighted by atomic mass is 32.2. The van der Waals surface area contributed by atoms with Gasteiger partial charge in [0.1, 0.15) is 0 Å². The van der Waals surface area contributed by atoms with Gasteiger partial charge in [-0.1, -0.05) is 13.0 Å². The Labute approximate surface area is 114 Å². The van der Waals surface area contributed by atoms with Crippen LogP contribution in [0.4, 0.5) is 0 Å². The first-order chi connectivity index (χ1) is 9.06. The summed E-state index contributed by atoms with van der Waals surface area (Å²) in [5.41, 5.74) is 2.41. The number of aliphatic hydroxyl groups excluding tert-OH is 1. The molecule has 0 radical (unpaired) electrons. The van der Waals surface area contributed by atoms with Crippen molar-refractivity contribution in [2.75, 3.05) is 6.61 Å². The van der Waals surface area contributed by atoms with Gasteiger partial charge in [0, 0.05) is 6.04 Å². The van der Waals surface area contributed by atoms with E-state index in [1.807, 2.05) is 13.0 Å². The summed E-state index contributed by atoms with van der Waals surface area (Å²) >= 11 is 0. The molecule has 0 saturated heterocycles. The summed E-state index contributed by atoms with van der Waals surface area (Å²) in [6.45, 7) is 1.66. The van der Waals surface area contributed by atoms with E-state index in [2.05, 4.69) is 4.72 Å². The second-order valence-electron chi connectivity index (χ2n) is 5.05. The number of hydrogen-bond donors (Lipinski definition) is 2. The zero-order valence-corrected chi connectivity index (χ0v) is 12.0. The van der Waals surface area contributed by atoms with Crippen molar-refractivity contribution >= 4 is 10.0 Å². The molecule has 106 valence electrons. The average molecular weight is 283 g/mol. The maximum Gasteiger partial charge on any atom is 0.240 e. The van der Waals surface area contributed by atoms with Crippen molar-refractivity contribution in [1.82, 2.24) is 4.72 Å². The van der Waals surface area contributed by atoms with E-state index in [-0.39, 0.29) is 6.61 Å². The van der Waals surface area contributed by atoms with Crippen molar-refractivity contribution in [3.05, 3.63) is 29.3 Å². The fraction of sp³-hybridized carbons (Fsp3) is 0.571. The van der Waals surface area contributed by atoms with Gasteiger partial charge in [0.25, 0.3) is 0 Å². The van der Waals surface area contributed by atoms with E-state index in [0.717, 1.165) is 24.8 Å². The van der Waals surface area contributed by atoms with Crippen molar-refractivity contribution in [2.45, 2.75) is 50.0 Å². The maximum atomic E-state index is 12.2. The SMILES string of the molecule is CC[C@@H](CO)NS(=O)(=O)c1ccc2c(c1)CCCC2. The summed E-state index contributed by atoms with van der Waals surface area (Å²) in [7, 11) is -3.53. The predicted molar refractivity (Wildman–Crippen MR) is 74.6 cm³/mol. The fourth-order valence-electron chi connectivity index (χ4n) is 2.41. The van der Waals surface area contributed by atoms with Crippen molar-refractivity contribution in [3.8, 4) is 0 Å². The van der Waals surface area contributed by atoms with E-state index in [4.69, 9.17) is 5.11 Å². The van der Waals surface area contributed by atoms with E-state index in [0.29, 0.717) is 11.3 Å². The molecule has 0 aliphatic heterocycles. The third-order valence-electron chi connectivity index (χ3n) is 3.67. The lowest BCUT2D eigenvalue weighted by molar-refractivity contribution is 0.254. The van der Waals surface area contributed by atoms with Gasteiger partial charge in [-0.3, -0.25) is 0 Å². The van der Waals surface area contributed by atoms with Gasteiger partial charge in [-0.25, -0.2) is 13.1 Å². The third kappa shape index (κ3) is 3.35. The lowest BCUT2D eigenvalue weighted by Gasteiger charge is -2.18. The molecule has 0 unspecified atom stereocenters. The number of aryl methyl sites for hydroxylation is 2. The first kappa shape index (κ1) is 14.5. The van der Waals surface area contributed by atoms with Crippen molar-refractivity contribution < 1.29 is 13.5 Å². The number of nitrogens with one attached hydrogen (secondary N) is 1. The molecule has 0 aromatic heterocycles. The molecule has 19 heavy (non-hydrogen) atoms. The Kier molecular flexibility index (Phi) is 4.60. The molecule has 5 heteroatoms. The smallest absolute Gasteiger partial charge is 0.240 e. The molecule has 4 nitrogen and oxygen atoms in total. The van der Waals surface area contributed by atoms with Gasteiger partial charge >= 0.3 is 0 Å². The molecule has 1 aliphatic rings. The molecule has 0 heterocycles. The van der Waals surface area contributed by atoms with Crippen LogP contribution in [0.1, 0.15) is 37.3 Å². The van der Waals surface area contributed by atoms with Crippen LogP contribution in [-0.4, -0.2) is 26.2 Å². The molecule has 0 spiro atoms. The van der Waals surface area contributed by atoms with Crippen LogP contribution in [0.25, 0.3) is 0 Å². The number of hydrogen-bond acceptors (Lipinski definition) is 3. The van der Waals surface area contributed by atoms with E-state index in [1.165, 1.54) is 12.0 Å². The Balaban J connectivity index is 2.25. The molecule has 0 bridgehead atoms. The summed E-state index contributed by atoms with van der Waals surface area (Å²) in [6, 6.07) is 4.95. The molecule has 1 aliphatic carbocycles. The summed E-state index contributed by atoms with van der Waals surface area (Å²) in [4.78, 5) is 0.306. The van der Waals surface area contributed by atoms with Gasteiger partial charge in [0.15, 0.2) is 0 Å². The maximum absolute atomic E-state index is 12.2. The summed E-state index contributed by atoms with van der Waals surface area (Å²) in [5.74, 6) is 0. The van der Waals surface area contributed by atoms with Crippen LogP contribution in [-0.2, 0) is 22.9 Å². The van der Waals surface area contributed by atoms with Gasteiger partial charge in [0.05, 0.1) is 11.5 Å². The zero-order valence-electron chi connectivity index (χ0n) is 11.2. The predicted octanol–water partition coefficient (Wildman–Crippen LogP) is 1.61. The summed E-state index contributed by atoms with van der Waals surface area (Å²) in [6.07, 6.45) is 4.87. The highest BCUT2D eigenvalue weighted by Crippen LogP contribution is 2.24. The molecule has 0 amide bonds. The Hall–Kier alpha value is -0.910. The second-order valence-corrected chi connectivity index (χ2v) is 6.76. The van der Waals surface area contributed by atoms with Crippen molar-refractivity contribution in [3.63, 3.8) is 0 Å². The molecule has 0 saturated carbocycles. The second kappa shape index (κ2) is 6.03. The minimum absolute atomic E-state index is 0.180. The quantitative estimate of drug-likeness (QED) is 0.863. The summed E-state index contributed by atoms with van der Waals surface area (Å²) in [5, 5.41) is 9.10. The molecule has 2 rings (SSSR count). The molecule has 2 N–H and O–H groups in total. The van der Waals surface area contributed by atoms with Gasteiger partial charge < -0.3 is 5.11 Å². The van der Waals surface area contributed by atoms with Gasteiger partial charge in [-0.2, -0.15) is 0 Å². The van der Waals surface area contributed by atoms with E-state index >= 15 is 0 Å². The molecule has 0 fully saturated rings. The van der Waals surface area contributed by atoms with Crippen LogP contribution in [0.2, 0.25) is 0 Å². The lowest BCUT2D eigenvalue weighted by atomic mass is 9.92. The van der Waals surface area contributed by atoms with Crippen molar-refractivity contribution in [2.24, 2.45) is 0 Å². The normalized spacial score (nSPS) is 16.9. The van der Waals surface area contributed by atoms with E-state index in [1.54, 1.807) is 12.1 Å². The topological polar surface area (TPSA) is 66.4 Å². The van der Waals surface area contributed by atoms with Crippen LogP contribution >= 0.6 is 0 Å². The monoisotopic (exact) mass is 283 g/mol. The Morgan fingerprint density at radius 1 is 1.26 bits per heavy atom. The van der Waals surface area contributed by atoms with Crippen LogP contribution in [0.3, 0.4) is 0 Å². The molecule has 1 aromatic rings. The molecule has 1 aromatic carbocycles. The average Bonchev–Trinajstić information content (AvgIpc) is 2.44. The highest BCUT2D eigenvalue weighted by molar-refractivity contribution is 7.89.